The number of carboxylic acid groups (broad SMARTS) is 2. The number of hydrogen-bond acceptors (Lipinski definition) is 21. The van der Waals surface area contributed by atoms with Crippen LogP contribution in [-0.2, 0) is 55.4 Å². The van der Waals surface area contributed by atoms with Crippen molar-refractivity contribution in [2.24, 2.45) is 23.2 Å². The molecule has 10 N–H and O–H groups in total. The van der Waals surface area contributed by atoms with Crippen molar-refractivity contribution < 1.29 is 88.2 Å². The largest absolute Gasteiger partial charge is 0.508 e. The van der Waals surface area contributed by atoms with Gasteiger partial charge in [-0.25, -0.2) is 4.79 Å². The maximum Gasteiger partial charge on any atom is 0.344 e. The lowest BCUT2D eigenvalue weighted by Gasteiger charge is -2.63. The average Bonchev–Trinajstić information content (AvgIpc) is 1.50. The Balaban J connectivity index is 0.000000206. The highest BCUT2D eigenvalue weighted by Gasteiger charge is 2.80. The van der Waals surface area contributed by atoms with Gasteiger partial charge < -0.3 is 79.4 Å². The molecule has 95 heavy (non-hydrogen) atoms. The van der Waals surface area contributed by atoms with Gasteiger partial charge in [0.05, 0.1) is 39.4 Å². The molecular weight excluding hydrogens is 1230 g/mol. The molecule has 3 saturated heterocycles. The highest BCUT2D eigenvalue weighted by atomic mass is 16.6. The maximum atomic E-state index is 15.3. The number of nitrogens with one attached hydrogen (secondary N) is 2. The van der Waals surface area contributed by atoms with Crippen LogP contribution in [0.2, 0.25) is 0 Å². The summed E-state index contributed by atoms with van der Waals surface area (Å²) in [7, 11) is 6.15. The summed E-state index contributed by atoms with van der Waals surface area (Å²) in [6.07, 6.45) is 5.81. The van der Waals surface area contributed by atoms with Crippen LogP contribution in [0.3, 0.4) is 0 Å². The number of benzene rings is 4. The normalized spacial score (nSPS) is 30.1. The van der Waals surface area contributed by atoms with Crippen LogP contribution in [0.4, 0.5) is 5.69 Å². The third-order valence-electron chi connectivity index (χ3n) is 21.5. The number of ether oxygens (including phenoxy) is 4. The minimum atomic E-state index is -2.30. The number of fused-ring (bicyclic) bond motifs is 7. The van der Waals surface area contributed by atoms with Gasteiger partial charge in [0, 0.05) is 127 Å². The molecule has 4 fully saturated rings. The van der Waals surface area contributed by atoms with Gasteiger partial charge in [-0.15, -0.1) is 0 Å². The summed E-state index contributed by atoms with van der Waals surface area (Å²) in [6.45, 7) is 14.7. The van der Waals surface area contributed by atoms with Crippen molar-refractivity contribution in [1.82, 2.24) is 20.1 Å². The predicted octanol–water partition coefficient (Wildman–Crippen LogP) is 6.60. The van der Waals surface area contributed by atoms with Gasteiger partial charge in [0.25, 0.3) is 0 Å². The summed E-state index contributed by atoms with van der Waals surface area (Å²) in [5.74, 6) is -5.13. The Hall–Kier alpha value is -8.94. The van der Waals surface area contributed by atoms with Gasteiger partial charge in [-0.3, -0.25) is 33.8 Å². The Morgan fingerprint density at radius 1 is 0.832 bits per heavy atom. The number of aliphatic carboxylic acids is 2. The van der Waals surface area contributed by atoms with Crippen molar-refractivity contribution in [1.29, 1.82) is 0 Å². The SMILES string of the molecule is C=C(C)[C@H]1CN[C@H](C(=O)O)[C@H]1CC(=O)O.CC[C@]1(O)C[C@@H]2CN(CCc3c([nH]c4ccccc34)[C@@](C(=O)OC)(c3cc4c(cc3OC)N(C)[C@H]3[C@@](O)(C(=O)OC)[C@H](OC(C)=O)[C@]5(CC)C=CCN6CC[C@]43[C@@H]65)C2)C1.O=c1cc(-c2ccc(O)c(O)c2)oc2cc(O)cc(O)c12. The number of nitrogens with zero attached hydrogens (tertiary/aromatic N) is 3. The summed E-state index contributed by atoms with van der Waals surface area (Å²) >= 11 is 0. The van der Waals surface area contributed by atoms with E-state index in [-0.39, 0.29) is 64.0 Å². The van der Waals surface area contributed by atoms with E-state index < -0.39 is 86.8 Å². The third kappa shape index (κ3) is 11.0. The van der Waals surface area contributed by atoms with Crippen LogP contribution in [0, 0.1) is 23.2 Å². The van der Waals surface area contributed by atoms with Crippen molar-refractivity contribution in [3.05, 3.63) is 130 Å². The number of aromatic hydroxyl groups is 4. The summed E-state index contributed by atoms with van der Waals surface area (Å²) in [6, 6.07) is 17.5. The number of aliphatic hydroxyl groups is 2. The Bertz CT molecular complexity index is 4140. The number of aromatic nitrogens is 1. The Morgan fingerprint density at radius 3 is 2.22 bits per heavy atom. The quantitative estimate of drug-likeness (QED) is 0.0267. The van der Waals surface area contributed by atoms with E-state index in [4.69, 9.17) is 33.6 Å². The standard InChI is InChI=1S/C46H58N4O9.C15H10O6.C10H15NO4/c1-8-42(54)23-28-24-45(40(52)57-6,36-30(15-19-49(25-28)26-42)29-13-10-11-14-33(29)47-36)32-21-31-34(22-35(32)56-5)48(4)38-44(31)17-20-50-18-12-16-43(9-2,37(44)50)39(59-27(3)51)46(38,55)41(53)58-7;16-8-4-11(19)15-12(20)6-13(21-14(15)5-8)7-1-2-9(17)10(18)3-7;1-5(2)7-4-11-9(10(14)15)6(7)3-8(12)13/h10-14,16,21-22,28,37-39,47,54-55H,8-9,15,17-20,23-26H2,1-7H3;1-6,16-19H;6-7,9,11H,1,3-4H2,2H3,(H,12,13)(H,14,15)/t28-,37-,38+,39+,42-,43+,44+,45-,46-;;6-,7+,9-/m0.0/s1. The van der Waals surface area contributed by atoms with Crippen LogP contribution in [0.15, 0.2) is 106 Å². The molecule has 8 heterocycles. The fourth-order valence-electron chi connectivity index (χ4n) is 17.6. The monoisotopic (exact) mass is 1310 g/mol. The number of phenols is 4. The predicted molar refractivity (Wildman–Crippen MR) is 348 cm³/mol. The molecular formula is C71H83N5O19. The fourth-order valence-corrected chi connectivity index (χ4v) is 17.6. The molecule has 1 unspecified atom stereocenters. The number of carbonyl (C=O) groups is 5. The highest BCUT2D eigenvalue weighted by molar-refractivity contribution is 5.95. The number of likely N-dealkylation sites (N-methyl/N-ethyl adjacent to an activating group) is 1. The number of rotatable bonds is 12. The second kappa shape index (κ2) is 25.3. The molecule has 506 valence electrons. The lowest BCUT2D eigenvalue weighted by atomic mass is 9.47. The van der Waals surface area contributed by atoms with Crippen LogP contribution in [0.25, 0.3) is 33.2 Å². The van der Waals surface area contributed by atoms with Crippen molar-refractivity contribution in [2.75, 3.05) is 72.5 Å². The number of piperidine rings is 1. The van der Waals surface area contributed by atoms with Gasteiger partial charge in [-0.05, 0) is 105 Å². The van der Waals surface area contributed by atoms with Gasteiger partial charge >= 0.3 is 29.8 Å². The molecule has 0 amide bonds. The minimum Gasteiger partial charge on any atom is -0.508 e. The number of aromatic amines is 1. The van der Waals surface area contributed by atoms with E-state index >= 15 is 4.79 Å². The van der Waals surface area contributed by atoms with Crippen LogP contribution in [0.1, 0.15) is 88.6 Å². The first-order valence-corrected chi connectivity index (χ1v) is 32.0. The van der Waals surface area contributed by atoms with Gasteiger partial charge in [0.1, 0.15) is 45.4 Å². The van der Waals surface area contributed by atoms with Crippen LogP contribution < -0.4 is 20.4 Å². The number of carboxylic acids is 2. The van der Waals surface area contributed by atoms with Crippen molar-refractivity contribution >= 4 is 57.4 Å². The molecule has 7 aliphatic rings. The molecule has 0 radical (unpaired) electrons. The average molecular weight is 1310 g/mol. The molecule has 1 spiro atoms. The summed E-state index contributed by atoms with van der Waals surface area (Å²) < 4.78 is 29.4. The molecule has 2 bridgehead atoms. The Labute approximate surface area is 548 Å². The molecule has 6 aromatic rings. The van der Waals surface area contributed by atoms with E-state index in [9.17, 15) is 54.6 Å². The van der Waals surface area contributed by atoms with E-state index in [0.717, 1.165) is 51.1 Å². The number of hydrogen-bond donors (Lipinski definition) is 10. The molecule has 24 nitrogen and oxygen atoms in total. The minimum absolute atomic E-state index is 0.0163. The van der Waals surface area contributed by atoms with Crippen LogP contribution >= 0.6 is 0 Å². The Morgan fingerprint density at radius 2 is 1.57 bits per heavy atom. The van der Waals surface area contributed by atoms with Crippen molar-refractivity contribution in [2.45, 2.75) is 119 Å². The number of anilines is 1. The van der Waals surface area contributed by atoms with Gasteiger partial charge in [-0.2, -0.15) is 0 Å². The zero-order valence-corrected chi connectivity index (χ0v) is 54.4. The number of para-hydroxylation sites is 1. The van der Waals surface area contributed by atoms with Crippen molar-refractivity contribution in [3.8, 4) is 40.1 Å². The second-order valence-electron chi connectivity index (χ2n) is 26.7. The first-order valence-electron chi connectivity index (χ1n) is 32.0. The first-order chi connectivity index (χ1) is 45.1. The smallest absolute Gasteiger partial charge is 0.344 e. The number of methoxy groups -OCH3 is 3. The second-order valence-corrected chi connectivity index (χ2v) is 26.7. The molecule has 6 aliphatic heterocycles. The van der Waals surface area contributed by atoms with Crippen molar-refractivity contribution in [3.63, 3.8) is 0 Å². The molecule has 1 aliphatic carbocycles. The molecule has 1 saturated carbocycles. The molecule has 24 heteroatoms. The fraction of sp³-hybridized carbons (Fsp3) is 0.465. The van der Waals surface area contributed by atoms with E-state index in [1.54, 1.807) is 14.0 Å². The lowest BCUT2D eigenvalue weighted by molar-refractivity contribution is -0.228. The highest BCUT2D eigenvalue weighted by Crippen LogP contribution is 2.68. The third-order valence-corrected chi connectivity index (χ3v) is 21.5. The molecule has 13 rings (SSSR count). The number of esters is 3. The Kier molecular flexibility index (Phi) is 18.0. The van der Waals surface area contributed by atoms with Crippen LogP contribution in [0.5, 0.6) is 28.7 Å². The van der Waals surface area contributed by atoms with Gasteiger partial charge in [0.15, 0.2) is 23.0 Å². The molecule has 2 aromatic heterocycles. The van der Waals surface area contributed by atoms with E-state index in [1.165, 1.54) is 45.4 Å². The molecule has 13 atom stereocenters. The number of phenolic OH excluding ortho intramolecular Hbond substituents is 4. The zero-order valence-electron chi connectivity index (χ0n) is 54.4. The lowest BCUT2D eigenvalue weighted by Crippen LogP contribution is -2.81. The number of H-pyrrole nitrogens is 1. The number of carbonyl (C=O) groups excluding carboxylic acids is 3. The topological polar surface area (TPSA) is 352 Å². The summed E-state index contributed by atoms with van der Waals surface area (Å²) in [4.78, 5) is 86.7. The summed E-state index contributed by atoms with van der Waals surface area (Å²) in [5.41, 5.74) is -0.899. The molecule has 4 aromatic carbocycles. The zero-order chi connectivity index (χ0) is 68.6. The first kappa shape index (κ1) is 67.5. The van der Waals surface area contributed by atoms with E-state index in [2.05, 4.69) is 51.0 Å². The van der Waals surface area contributed by atoms with Crippen LogP contribution in [-0.4, -0.2) is 189 Å². The van der Waals surface area contributed by atoms with E-state index in [0.29, 0.717) is 94.7 Å². The van der Waals surface area contributed by atoms with Gasteiger partial charge in [-0.1, -0.05) is 56.4 Å². The summed E-state index contributed by atoms with van der Waals surface area (Å²) in [5, 5.41) is 84.6. The maximum absolute atomic E-state index is 15.3. The van der Waals surface area contributed by atoms with Gasteiger partial charge in [0.2, 0.25) is 5.60 Å². The van der Waals surface area contributed by atoms with E-state index in [1.807, 2.05) is 50.1 Å².